The molecule has 16 heteroatoms. The number of alkyl carbamates (subject to hydrolysis) is 1. The van der Waals surface area contributed by atoms with Gasteiger partial charge in [-0.2, -0.15) is 0 Å². The Balaban J connectivity index is 2.01. The van der Waals surface area contributed by atoms with Gasteiger partial charge in [0, 0.05) is 6.92 Å². The molecule has 0 spiro atoms. The molecule has 16 nitrogen and oxygen atoms in total. The second kappa shape index (κ2) is 15.7. The smallest absolute Gasteiger partial charge is 0.475 e. The second-order valence-electron chi connectivity index (χ2n) is 14.1. The van der Waals surface area contributed by atoms with Crippen LogP contribution >= 0.6 is 0 Å². The Kier molecular flexibility index (Phi) is 11.8. The van der Waals surface area contributed by atoms with E-state index in [1.807, 2.05) is 0 Å². The van der Waals surface area contributed by atoms with E-state index >= 15 is 0 Å². The number of carbonyl (C=O) groups excluding carboxylic acids is 4. The first-order valence-corrected chi connectivity index (χ1v) is 16.4. The number of guanidine groups is 1. The van der Waals surface area contributed by atoms with Gasteiger partial charge in [0.15, 0.2) is 11.7 Å². The lowest BCUT2D eigenvalue weighted by atomic mass is 9.66. The molecular formula is C36H44N4O12. The van der Waals surface area contributed by atoms with Crippen LogP contribution in [0.15, 0.2) is 77.5 Å². The lowest BCUT2D eigenvalue weighted by Crippen LogP contribution is -2.73. The number of aliphatic imine (C=N–C) groups is 1. The summed E-state index contributed by atoms with van der Waals surface area (Å²) in [4.78, 5) is 68.1. The normalized spacial score (nSPS) is 22.5. The number of carboxylic acid groups (broad SMARTS) is 1. The highest BCUT2D eigenvalue weighted by Crippen LogP contribution is 2.48. The Hall–Kier alpha value is -5.64. The van der Waals surface area contributed by atoms with Gasteiger partial charge in [0.05, 0.1) is 18.0 Å². The van der Waals surface area contributed by atoms with E-state index in [-0.39, 0.29) is 0 Å². The number of nitrogens with one attached hydrogen (secondary N) is 3. The van der Waals surface area contributed by atoms with Crippen molar-refractivity contribution < 1.29 is 57.9 Å². The van der Waals surface area contributed by atoms with Crippen molar-refractivity contribution in [1.29, 1.82) is 0 Å². The summed E-state index contributed by atoms with van der Waals surface area (Å²) in [5, 5.41) is 30.9. The molecule has 0 unspecified atom stereocenters. The summed E-state index contributed by atoms with van der Waals surface area (Å²) in [6, 6.07) is 14.4. The molecule has 5 atom stereocenters. The third-order valence-corrected chi connectivity index (χ3v) is 7.70. The number of carbonyl (C=O) groups is 5. The highest BCUT2D eigenvalue weighted by atomic mass is 16.8. The van der Waals surface area contributed by atoms with Gasteiger partial charge in [-0.3, -0.25) is 10.1 Å². The fraction of sp³-hybridized carbons (Fsp3) is 0.444. The molecule has 2 heterocycles. The largest absolute Gasteiger partial charge is 0.508 e. The summed E-state index contributed by atoms with van der Waals surface area (Å²) in [7, 11) is 0. The minimum Gasteiger partial charge on any atom is -0.475 e. The standard InChI is InChI=1S/C36H44N4O12/c1-20(41)37-27-23(38-30(39-31(45)51-34(2,3)4)40-32(46)52-35(5,6)7)18-24(29(43)44)50-36(27,28(42)25-19-48-33(47)49-25)26(21-14-10-8-11-15-21)22-16-12-9-13-17-22/h8-18,23,25-28,42H,19H2,1-7H3,(H,37,41)(H,43,44)(H2,38,39,40,45,46)/t23-,25+,27+,28-,36+/m0/s1. The fourth-order valence-electron chi connectivity index (χ4n) is 5.97. The molecule has 0 aromatic heterocycles. The molecule has 1 fully saturated rings. The molecule has 0 aliphatic carbocycles. The summed E-state index contributed by atoms with van der Waals surface area (Å²) >= 11 is 0. The molecule has 2 aliphatic heterocycles. The van der Waals surface area contributed by atoms with Gasteiger partial charge in [-0.1, -0.05) is 60.7 Å². The highest BCUT2D eigenvalue weighted by molar-refractivity contribution is 5.99. The van der Waals surface area contributed by atoms with Crippen molar-refractivity contribution in [2.75, 3.05) is 6.61 Å². The van der Waals surface area contributed by atoms with Crippen LogP contribution in [0.25, 0.3) is 0 Å². The predicted octanol–water partition coefficient (Wildman–Crippen LogP) is 3.73. The SMILES string of the molecule is CC(=O)N[C@@H]1[C@@H](NC(=NC(=O)OC(C)(C)C)NC(=O)OC(C)(C)C)C=C(C(=O)O)O[C@@]1(C(c1ccccc1)c1ccccc1)[C@@H](O)[C@H]1COC(=O)O1. The monoisotopic (exact) mass is 724 g/mol. The lowest BCUT2D eigenvalue weighted by Gasteiger charge is -2.53. The van der Waals surface area contributed by atoms with Gasteiger partial charge in [-0.25, -0.2) is 19.2 Å². The fourth-order valence-corrected chi connectivity index (χ4v) is 5.97. The van der Waals surface area contributed by atoms with Crippen LogP contribution < -0.4 is 16.0 Å². The highest BCUT2D eigenvalue weighted by Gasteiger charge is 2.63. The first-order chi connectivity index (χ1) is 24.3. The zero-order valence-corrected chi connectivity index (χ0v) is 29.9. The number of hydrogen-bond acceptors (Lipinski definition) is 11. The number of rotatable bonds is 8. The molecule has 2 aliphatic rings. The molecule has 3 amide bonds. The van der Waals surface area contributed by atoms with Crippen molar-refractivity contribution in [2.45, 2.75) is 95.5 Å². The summed E-state index contributed by atoms with van der Waals surface area (Å²) in [5.74, 6) is -4.57. The number of aliphatic carboxylic acids is 1. The number of aliphatic hydroxyl groups is 1. The molecular weight excluding hydrogens is 680 g/mol. The summed E-state index contributed by atoms with van der Waals surface area (Å²) in [6.45, 7) is 10.4. The second-order valence-corrected chi connectivity index (χ2v) is 14.1. The van der Waals surface area contributed by atoms with Crippen molar-refractivity contribution in [3.8, 4) is 0 Å². The van der Waals surface area contributed by atoms with Gasteiger partial charge < -0.3 is 44.5 Å². The zero-order valence-electron chi connectivity index (χ0n) is 29.9. The van der Waals surface area contributed by atoms with Crippen molar-refractivity contribution >= 4 is 36.2 Å². The molecule has 0 radical (unpaired) electrons. The van der Waals surface area contributed by atoms with E-state index in [2.05, 4.69) is 20.9 Å². The van der Waals surface area contributed by atoms with Crippen LogP contribution in [0, 0.1) is 0 Å². The number of amides is 3. The number of cyclic esters (lactones) is 2. The molecule has 52 heavy (non-hydrogen) atoms. The van der Waals surface area contributed by atoms with Crippen LogP contribution in [0.4, 0.5) is 14.4 Å². The first kappa shape index (κ1) is 39.2. The Morgan fingerprint density at radius 3 is 1.92 bits per heavy atom. The van der Waals surface area contributed by atoms with Gasteiger partial charge in [0.1, 0.15) is 23.9 Å². The average molecular weight is 725 g/mol. The van der Waals surface area contributed by atoms with Crippen LogP contribution in [0.1, 0.15) is 65.5 Å². The Morgan fingerprint density at radius 2 is 1.46 bits per heavy atom. The molecule has 0 saturated carbocycles. The Labute approximate surface area is 300 Å². The van der Waals surface area contributed by atoms with Crippen LogP contribution in [-0.4, -0.2) is 94.1 Å². The third kappa shape index (κ3) is 9.78. The van der Waals surface area contributed by atoms with Crippen LogP contribution in [0.5, 0.6) is 0 Å². The number of benzene rings is 2. The number of nitrogens with zero attached hydrogens (tertiary/aromatic N) is 1. The van der Waals surface area contributed by atoms with E-state index in [9.17, 15) is 34.2 Å². The maximum Gasteiger partial charge on any atom is 0.508 e. The van der Waals surface area contributed by atoms with Crippen molar-refractivity contribution in [1.82, 2.24) is 16.0 Å². The van der Waals surface area contributed by atoms with E-state index < -0.39 is 95.6 Å². The van der Waals surface area contributed by atoms with Crippen LogP contribution in [-0.2, 0) is 33.3 Å². The van der Waals surface area contributed by atoms with E-state index in [1.165, 1.54) is 6.92 Å². The topological polar surface area (TPSA) is 220 Å². The molecule has 280 valence electrons. The van der Waals surface area contributed by atoms with Crippen molar-refractivity contribution in [3.63, 3.8) is 0 Å². The van der Waals surface area contributed by atoms with Crippen molar-refractivity contribution in [2.24, 2.45) is 4.99 Å². The van der Waals surface area contributed by atoms with Gasteiger partial charge in [0.2, 0.25) is 17.6 Å². The van der Waals surface area contributed by atoms with Crippen molar-refractivity contribution in [3.05, 3.63) is 83.6 Å². The van der Waals surface area contributed by atoms with E-state index in [0.717, 1.165) is 6.08 Å². The number of carboxylic acids is 1. The summed E-state index contributed by atoms with van der Waals surface area (Å²) in [6.07, 6.45) is -5.50. The Morgan fingerprint density at radius 1 is 0.904 bits per heavy atom. The molecule has 2 aromatic rings. The molecule has 5 N–H and O–H groups in total. The maximum absolute atomic E-state index is 13.1. The summed E-state index contributed by atoms with van der Waals surface area (Å²) in [5.41, 5.74) is -3.20. The number of aliphatic hydroxyl groups excluding tert-OH is 1. The van der Waals surface area contributed by atoms with Gasteiger partial charge in [0.25, 0.3) is 0 Å². The van der Waals surface area contributed by atoms with E-state index in [4.69, 9.17) is 23.7 Å². The van der Waals surface area contributed by atoms with Gasteiger partial charge in [-0.15, -0.1) is 4.99 Å². The minimum absolute atomic E-state index is 0.441. The zero-order chi connectivity index (χ0) is 38.4. The predicted molar refractivity (Wildman–Crippen MR) is 184 cm³/mol. The average Bonchev–Trinajstić information content (AvgIpc) is 3.47. The van der Waals surface area contributed by atoms with Crippen LogP contribution in [0.3, 0.4) is 0 Å². The maximum atomic E-state index is 13.1. The quantitative estimate of drug-likeness (QED) is 0.114. The molecule has 0 bridgehead atoms. The Bertz CT molecular complexity index is 1660. The molecule has 4 rings (SSSR count). The number of ether oxygens (including phenoxy) is 5. The number of hydrogen-bond donors (Lipinski definition) is 5. The third-order valence-electron chi connectivity index (χ3n) is 7.70. The molecule has 1 saturated heterocycles. The van der Waals surface area contributed by atoms with Crippen LogP contribution in [0.2, 0.25) is 0 Å². The van der Waals surface area contributed by atoms with Gasteiger partial charge in [-0.05, 0) is 58.7 Å². The van der Waals surface area contributed by atoms with E-state index in [0.29, 0.717) is 11.1 Å². The molecule has 2 aromatic carbocycles. The van der Waals surface area contributed by atoms with Gasteiger partial charge >= 0.3 is 24.3 Å². The van der Waals surface area contributed by atoms with E-state index in [1.54, 1.807) is 102 Å². The first-order valence-electron chi connectivity index (χ1n) is 16.4. The minimum atomic E-state index is -2.24. The lowest BCUT2D eigenvalue weighted by molar-refractivity contribution is -0.177. The summed E-state index contributed by atoms with van der Waals surface area (Å²) < 4.78 is 27.5.